The predicted molar refractivity (Wildman–Crippen MR) is 72.0 cm³/mol. The average molecular weight is 240 g/mol. The molecule has 1 aliphatic rings. The number of pyridine rings is 1. The van der Waals surface area contributed by atoms with Gasteiger partial charge in [-0.3, -0.25) is 0 Å². The second kappa shape index (κ2) is 4.69. The maximum Gasteiger partial charge on any atom is 0.128 e. The van der Waals surface area contributed by atoms with Crippen molar-refractivity contribution in [3.8, 4) is 5.75 Å². The van der Waals surface area contributed by atoms with E-state index in [1.54, 1.807) is 7.11 Å². The first-order valence-corrected chi connectivity index (χ1v) is 6.19. The first kappa shape index (κ1) is 11.1. The topological polar surface area (TPSA) is 25.4 Å². The number of hydrogen-bond acceptors (Lipinski definition) is 3. The van der Waals surface area contributed by atoms with E-state index in [0.29, 0.717) is 0 Å². The minimum atomic E-state index is 0.906. The summed E-state index contributed by atoms with van der Waals surface area (Å²) >= 11 is 0. The Balaban J connectivity index is 1.90. The van der Waals surface area contributed by atoms with Crippen molar-refractivity contribution >= 4 is 5.82 Å². The third-order valence-corrected chi connectivity index (χ3v) is 3.42. The van der Waals surface area contributed by atoms with E-state index >= 15 is 0 Å². The first-order valence-electron chi connectivity index (χ1n) is 6.19. The van der Waals surface area contributed by atoms with Gasteiger partial charge in [0.25, 0.3) is 0 Å². The fourth-order valence-electron chi connectivity index (χ4n) is 2.50. The number of aromatic nitrogens is 1. The molecule has 0 amide bonds. The minimum absolute atomic E-state index is 0.906. The molecule has 2 heterocycles. The molecule has 0 fully saturated rings. The molecule has 0 aliphatic carbocycles. The van der Waals surface area contributed by atoms with Crippen molar-refractivity contribution in [1.29, 1.82) is 0 Å². The van der Waals surface area contributed by atoms with Crippen LogP contribution in [0.15, 0.2) is 42.6 Å². The van der Waals surface area contributed by atoms with Crippen LogP contribution in [0.3, 0.4) is 0 Å². The van der Waals surface area contributed by atoms with E-state index in [1.165, 1.54) is 11.1 Å². The molecule has 3 heteroatoms. The van der Waals surface area contributed by atoms with E-state index in [1.807, 2.05) is 24.4 Å². The second-order valence-electron chi connectivity index (χ2n) is 4.46. The van der Waals surface area contributed by atoms with Crippen LogP contribution in [0.2, 0.25) is 0 Å². The van der Waals surface area contributed by atoms with Gasteiger partial charge in [0.2, 0.25) is 0 Å². The lowest BCUT2D eigenvalue weighted by atomic mass is 9.98. The Morgan fingerprint density at radius 2 is 2.11 bits per heavy atom. The summed E-state index contributed by atoms with van der Waals surface area (Å²) in [5, 5.41) is 0. The van der Waals surface area contributed by atoms with Crippen LogP contribution < -0.4 is 9.64 Å². The quantitative estimate of drug-likeness (QED) is 0.807. The number of fused-ring (bicyclic) bond motifs is 1. The van der Waals surface area contributed by atoms with E-state index in [0.717, 1.165) is 31.1 Å². The average Bonchev–Trinajstić information content (AvgIpc) is 2.47. The molecule has 1 aliphatic heterocycles. The SMILES string of the molecule is COc1cccc2c1CCN(c1ccccn1)C2. The van der Waals surface area contributed by atoms with Gasteiger partial charge in [0.05, 0.1) is 7.11 Å². The molecule has 0 saturated heterocycles. The van der Waals surface area contributed by atoms with Crippen molar-refractivity contribution in [2.24, 2.45) is 0 Å². The summed E-state index contributed by atoms with van der Waals surface area (Å²) in [4.78, 5) is 6.72. The molecule has 0 unspecified atom stereocenters. The van der Waals surface area contributed by atoms with E-state index < -0.39 is 0 Å². The molecule has 0 radical (unpaired) electrons. The minimum Gasteiger partial charge on any atom is -0.496 e. The van der Waals surface area contributed by atoms with Crippen molar-refractivity contribution in [3.05, 3.63) is 53.7 Å². The fourth-order valence-corrected chi connectivity index (χ4v) is 2.50. The molecule has 0 atom stereocenters. The molecule has 18 heavy (non-hydrogen) atoms. The number of methoxy groups -OCH3 is 1. The van der Waals surface area contributed by atoms with Gasteiger partial charge >= 0.3 is 0 Å². The zero-order valence-electron chi connectivity index (χ0n) is 10.5. The van der Waals surface area contributed by atoms with Crippen molar-refractivity contribution in [2.45, 2.75) is 13.0 Å². The lowest BCUT2D eigenvalue weighted by molar-refractivity contribution is 0.407. The summed E-state index contributed by atoms with van der Waals surface area (Å²) in [6.45, 7) is 1.90. The Kier molecular flexibility index (Phi) is 2.89. The molecule has 0 saturated carbocycles. The second-order valence-corrected chi connectivity index (χ2v) is 4.46. The standard InChI is InChI=1S/C15H16N2O/c1-18-14-6-4-5-12-11-17(10-8-13(12)14)15-7-2-3-9-16-15/h2-7,9H,8,10-11H2,1H3. The van der Waals surface area contributed by atoms with Crippen LogP contribution in [0.1, 0.15) is 11.1 Å². The van der Waals surface area contributed by atoms with Gasteiger partial charge in [-0.05, 0) is 30.2 Å². The van der Waals surface area contributed by atoms with Gasteiger partial charge in [-0.1, -0.05) is 18.2 Å². The zero-order chi connectivity index (χ0) is 12.4. The van der Waals surface area contributed by atoms with Crippen LogP contribution in [0.5, 0.6) is 5.75 Å². The van der Waals surface area contributed by atoms with Crippen molar-refractivity contribution in [2.75, 3.05) is 18.6 Å². The molecular formula is C15H16N2O. The maximum atomic E-state index is 5.42. The van der Waals surface area contributed by atoms with Gasteiger partial charge < -0.3 is 9.64 Å². The zero-order valence-corrected chi connectivity index (χ0v) is 10.5. The van der Waals surface area contributed by atoms with E-state index in [9.17, 15) is 0 Å². The number of rotatable bonds is 2. The fraction of sp³-hybridized carbons (Fsp3) is 0.267. The maximum absolute atomic E-state index is 5.42. The Morgan fingerprint density at radius 3 is 2.89 bits per heavy atom. The highest BCUT2D eigenvalue weighted by molar-refractivity contribution is 5.48. The van der Waals surface area contributed by atoms with E-state index in [2.05, 4.69) is 28.1 Å². The predicted octanol–water partition coefficient (Wildman–Crippen LogP) is 2.65. The number of benzene rings is 1. The number of hydrogen-bond donors (Lipinski definition) is 0. The van der Waals surface area contributed by atoms with Crippen LogP contribution in [-0.2, 0) is 13.0 Å². The summed E-state index contributed by atoms with van der Waals surface area (Å²) in [7, 11) is 1.74. The van der Waals surface area contributed by atoms with Gasteiger partial charge in [0, 0.05) is 24.8 Å². The molecule has 1 aromatic heterocycles. The molecule has 3 nitrogen and oxygen atoms in total. The first-order chi connectivity index (χ1) is 8.88. The third kappa shape index (κ3) is 1.92. The van der Waals surface area contributed by atoms with Crippen molar-refractivity contribution in [3.63, 3.8) is 0 Å². The highest BCUT2D eigenvalue weighted by atomic mass is 16.5. The van der Waals surface area contributed by atoms with Crippen molar-refractivity contribution < 1.29 is 4.74 Å². The molecule has 3 rings (SSSR count). The van der Waals surface area contributed by atoms with Gasteiger partial charge in [-0.25, -0.2) is 4.98 Å². The summed E-state index contributed by atoms with van der Waals surface area (Å²) in [5.41, 5.74) is 2.68. The molecule has 92 valence electrons. The largest absolute Gasteiger partial charge is 0.496 e. The van der Waals surface area contributed by atoms with Crippen LogP contribution in [-0.4, -0.2) is 18.6 Å². The smallest absolute Gasteiger partial charge is 0.128 e. The number of anilines is 1. The molecule has 0 bridgehead atoms. The number of ether oxygens (including phenoxy) is 1. The van der Waals surface area contributed by atoms with Crippen molar-refractivity contribution in [1.82, 2.24) is 4.98 Å². The summed E-state index contributed by atoms with van der Waals surface area (Å²) in [6, 6.07) is 12.3. The summed E-state index contributed by atoms with van der Waals surface area (Å²) in [6.07, 6.45) is 2.85. The van der Waals surface area contributed by atoms with Crippen LogP contribution in [0.25, 0.3) is 0 Å². The molecular weight excluding hydrogens is 224 g/mol. The van der Waals surface area contributed by atoms with Gasteiger partial charge in [0.15, 0.2) is 0 Å². The molecule has 0 N–H and O–H groups in total. The summed E-state index contributed by atoms with van der Waals surface area (Å²) < 4.78 is 5.42. The highest BCUT2D eigenvalue weighted by Crippen LogP contribution is 2.29. The van der Waals surface area contributed by atoms with Gasteiger partial charge in [-0.2, -0.15) is 0 Å². The molecule has 2 aromatic rings. The normalized spacial score (nSPS) is 14.2. The molecule has 1 aromatic carbocycles. The Morgan fingerprint density at radius 1 is 1.17 bits per heavy atom. The lowest BCUT2D eigenvalue weighted by Crippen LogP contribution is -2.31. The third-order valence-electron chi connectivity index (χ3n) is 3.42. The summed E-state index contributed by atoms with van der Waals surface area (Å²) in [5.74, 6) is 2.05. The van der Waals surface area contributed by atoms with Crippen LogP contribution in [0, 0.1) is 0 Å². The van der Waals surface area contributed by atoms with Gasteiger partial charge in [0.1, 0.15) is 11.6 Å². The Bertz CT molecular complexity index is 539. The molecule has 0 spiro atoms. The van der Waals surface area contributed by atoms with E-state index in [4.69, 9.17) is 4.74 Å². The lowest BCUT2D eigenvalue weighted by Gasteiger charge is -2.30. The van der Waals surface area contributed by atoms with E-state index in [-0.39, 0.29) is 0 Å². The van der Waals surface area contributed by atoms with Gasteiger partial charge in [-0.15, -0.1) is 0 Å². The van der Waals surface area contributed by atoms with Crippen LogP contribution >= 0.6 is 0 Å². The Labute approximate surface area is 107 Å². The highest BCUT2D eigenvalue weighted by Gasteiger charge is 2.19. The number of nitrogens with zero attached hydrogens (tertiary/aromatic N) is 2. The Hall–Kier alpha value is -2.03. The van der Waals surface area contributed by atoms with Crippen LogP contribution in [0.4, 0.5) is 5.82 Å². The monoisotopic (exact) mass is 240 g/mol.